The third-order valence-electron chi connectivity index (χ3n) is 2.70. The first-order valence-electron chi connectivity index (χ1n) is 6.61. The van der Waals surface area contributed by atoms with E-state index in [1.54, 1.807) is 20.8 Å². The van der Waals surface area contributed by atoms with E-state index in [-0.39, 0.29) is 18.7 Å². The average Bonchev–Trinajstić information content (AvgIpc) is 2.72. The lowest BCUT2D eigenvalue weighted by Crippen LogP contribution is -2.53. The predicted octanol–water partition coefficient (Wildman–Crippen LogP) is -1.77. The van der Waals surface area contributed by atoms with Gasteiger partial charge in [0.25, 0.3) is 0 Å². The molecule has 0 aromatic carbocycles. The summed E-state index contributed by atoms with van der Waals surface area (Å²) in [6, 6.07) is -2.28. The van der Waals surface area contributed by atoms with Crippen LogP contribution in [0, 0.1) is 0 Å². The Kier molecular flexibility index (Phi) is 5.28. The van der Waals surface area contributed by atoms with Crippen LogP contribution in [0.4, 0.5) is 0 Å². The quantitative estimate of drug-likeness (QED) is 0.579. The Labute approximate surface area is 122 Å². The second-order valence-electron chi connectivity index (χ2n) is 5.83. The van der Waals surface area contributed by atoms with Gasteiger partial charge in [-0.3, -0.25) is 14.4 Å². The molecule has 1 rings (SSSR count). The zero-order chi connectivity index (χ0) is 16.2. The summed E-state index contributed by atoms with van der Waals surface area (Å²) in [5.41, 5.74) is -0.753. The molecule has 0 aromatic rings. The van der Waals surface area contributed by atoms with Crippen LogP contribution in [-0.4, -0.2) is 41.4 Å². The van der Waals surface area contributed by atoms with E-state index in [9.17, 15) is 24.3 Å². The van der Waals surface area contributed by atoms with Crippen molar-refractivity contribution in [1.82, 2.24) is 10.6 Å². The molecule has 2 N–H and O–H groups in total. The van der Waals surface area contributed by atoms with E-state index in [1.807, 2.05) is 0 Å². The molecule has 0 saturated carbocycles. The molecule has 118 valence electrons. The molecule has 1 aliphatic heterocycles. The standard InChI is InChI=1S/C13H20N2O6/c1-13(2,3)21-10(17)6-8(12(19)20)15-11(18)7-4-5-9(16)14-7/h7-8H,4-6H2,1-3H3,(H,14,16)(H,15,18)(H,19,20)/p-1/t7-,8-/m0/s1. The molecule has 0 aliphatic carbocycles. The summed E-state index contributed by atoms with van der Waals surface area (Å²) < 4.78 is 4.99. The average molecular weight is 299 g/mol. The van der Waals surface area contributed by atoms with Gasteiger partial charge in [0.05, 0.1) is 18.4 Å². The molecule has 21 heavy (non-hydrogen) atoms. The van der Waals surface area contributed by atoms with Crippen LogP contribution in [0.1, 0.15) is 40.0 Å². The fourth-order valence-electron chi connectivity index (χ4n) is 1.83. The highest BCUT2D eigenvalue weighted by atomic mass is 16.6. The first-order valence-corrected chi connectivity index (χ1v) is 6.61. The molecule has 2 amide bonds. The number of amides is 2. The van der Waals surface area contributed by atoms with Gasteiger partial charge < -0.3 is 25.3 Å². The monoisotopic (exact) mass is 299 g/mol. The number of carbonyl (C=O) groups excluding carboxylic acids is 4. The van der Waals surface area contributed by atoms with Crippen molar-refractivity contribution in [2.24, 2.45) is 0 Å². The Morgan fingerprint density at radius 3 is 2.48 bits per heavy atom. The van der Waals surface area contributed by atoms with E-state index in [1.165, 1.54) is 0 Å². The van der Waals surface area contributed by atoms with Crippen molar-refractivity contribution in [3.05, 3.63) is 0 Å². The van der Waals surface area contributed by atoms with E-state index in [0.717, 1.165) is 0 Å². The third kappa shape index (κ3) is 5.80. The maximum Gasteiger partial charge on any atom is 0.308 e. The summed E-state index contributed by atoms with van der Waals surface area (Å²) in [6.07, 6.45) is -0.0387. The van der Waals surface area contributed by atoms with Crippen LogP contribution < -0.4 is 15.7 Å². The Balaban J connectivity index is 2.57. The highest BCUT2D eigenvalue weighted by Gasteiger charge is 2.30. The zero-order valence-electron chi connectivity index (χ0n) is 12.2. The van der Waals surface area contributed by atoms with Crippen LogP contribution >= 0.6 is 0 Å². The zero-order valence-corrected chi connectivity index (χ0v) is 12.2. The summed E-state index contributed by atoms with van der Waals surface area (Å²) in [7, 11) is 0. The first-order chi connectivity index (χ1) is 9.58. The number of esters is 1. The number of ether oxygens (including phenoxy) is 1. The molecule has 8 heteroatoms. The number of hydrogen-bond acceptors (Lipinski definition) is 6. The van der Waals surface area contributed by atoms with Gasteiger partial charge in [-0.15, -0.1) is 0 Å². The van der Waals surface area contributed by atoms with E-state index in [2.05, 4.69) is 10.6 Å². The highest BCUT2D eigenvalue weighted by molar-refractivity contribution is 5.93. The number of carbonyl (C=O) groups is 4. The molecule has 2 atom stereocenters. The van der Waals surface area contributed by atoms with Gasteiger partial charge >= 0.3 is 5.97 Å². The molecular weight excluding hydrogens is 280 g/mol. The van der Waals surface area contributed by atoms with Crippen LogP contribution in [0.25, 0.3) is 0 Å². The van der Waals surface area contributed by atoms with Gasteiger partial charge in [-0.2, -0.15) is 0 Å². The summed E-state index contributed by atoms with van der Waals surface area (Å²) in [5, 5.41) is 15.6. The van der Waals surface area contributed by atoms with Gasteiger partial charge in [0.1, 0.15) is 11.6 Å². The Morgan fingerprint density at radius 1 is 1.43 bits per heavy atom. The lowest BCUT2D eigenvalue weighted by molar-refractivity contribution is -0.308. The molecule has 0 unspecified atom stereocenters. The smallest absolute Gasteiger partial charge is 0.308 e. The number of carboxylic acids is 1. The predicted molar refractivity (Wildman–Crippen MR) is 68.6 cm³/mol. The minimum Gasteiger partial charge on any atom is -0.548 e. The number of carboxylic acid groups (broad SMARTS) is 1. The lowest BCUT2D eigenvalue weighted by atomic mass is 10.1. The molecule has 1 saturated heterocycles. The topological polar surface area (TPSA) is 125 Å². The fourth-order valence-corrected chi connectivity index (χ4v) is 1.83. The summed E-state index contributed by atoms with van der Waals surface area (Å²) >= 11 is 0. The van der Waals surface area contributed by atoms with E-state index in [4.69, 9.17) is 4.74 Å². The maximum atomic E-state index is 11.8. The van der Waals surface area contributed by atoms with Crippen LogP contribution in [0.2, 0.25) is 0 Å². The van der Waals surface area contributed by atoms with Gasteiger partial charge in [0.15, 0.2) is 0 Å². The minimum absolute atomic E-state index is 0.208. The molecule has 0 aromatic heterocycles. The van der Waals surface area contributed by atoms with Crippen molar-refractivity contribution in [2.75, 3.05) is 0 Å². The lowest BCUT2D eigenvalue weighted by Gasteiger charge is -2.24. The van der Waals surface area contributed by atoms with Crippen molar-refractivity contribution in [1.29, 1.82) is 0 Å². The van der Waals surface area contributed by atoms with Crippen molar-refractivity contribution >= 4 is 23.8 Å². The molecule has 0 radical (unpaired) electrons. The molecule has 8 nitrogen and oxygen atoms in total. The van der Waals surface area contributed by atoms with E-state index >= 15 is 0 Å². The largest absolute Gasteiger partial charge is 0.548 e. The van der Waals surface area contributed by atoms with Gasteiger partial charge in [0, 0.05) is 6.42 Å². The number of aliphatic carboxylic acids is 1. The van der Waals surface area contributed by atoms with Gasteiger partial charge in [-0.05, 0) is 27.2 Å². The molecular formula is C13H19N2O6-. The van der Waals surface area contributed by atoms with E-state index in [0.29, 0.717) is 0 Å². The van der Waals surface area contributed by atoms with Crippen LogP contribution in [0.3, 0.4) is 0 Å². The van der Waals surface area contributed by atoms with Crippen LogP contribution in [0.5, 0.6) is 0 Å². The van der Waals surface area contributed by atoms with Crippen molar-refractivity contribution < 1.29 is 29.0 Å². The minimum atomic E-state index is -1.58. The molecule has 0 spiro atoms. The number of hydrogen-bond donors (Lipinski definition) is 2. The van der Waals surface area contributed by atoms with Gasteiger partial charge in [0.2, 0.25) is 11.8 Å². The number of rotatable bonds is 5. The van der Waals surface area contributed by atoms with Crippen LogP contribution in [-0.2, 0) is 23.9 Å². The van der Waals surface area contributed by atoms with Crippen molar-refractivity contribution in [3.8, 4) is 0 Å². The SMILES string of the molecule is CC(C)(C)OC(=O)C[C@H](NC(=O)[C@@H]1CCC(=O)N1)C(=O)[O-]. The van der Waals surface area contributed by atoms with Crippen molar-refractivity contribution in [3.63, 3.8) is 0 Å². The summed E-state index contributed by atoms with van der Waals surface area (Å²) in [6.45, 7) is 4.93. The Bertz CT molecular complexity index is 454. The molecule has 0 bridgehead atoms. The second kappa shape index (κ2) is 6.55. The summed E-state index contributed by atoms with van der Waals surface area (Å²) in [5.74, 6) is -3.27. The second-order valence-corrected chi connectivity index (χ2v) is 5.83. The Morgan fingerprint density at radius 2 is 2.05 bits per heavy atom. The van der Waals surface area contributed by atoms with Crippen molar-refractivity contribution in [2.45, 2.75) is 57.7 Å². The van der Waals surface area contributed by atoms with Crippen LogP contribution in [0.15, 0.2) is 0 Å². The normalized spacial score (nSPS) is 19.6. The Hall–Kier alpha value is -2.12. The molecule has 1 heterocycles. The molecule has 1 aliphatic rings. The number of nitrogens with one attached hydrogen (secondary N) is 2. The summed E-state index contributed by atoms with van der Waals surface area (Å²) in [4.78, 5) is 45.4. The maximum absolute atomic E-state index is 11.8. The van der Waals surface area contributed by atoms with Gasteiger partial charge in [-0.1, -0.05) is 0 Å². The fraction of sp³-hybridized carbons (Fsp3) is 0.692. The van der Waals surface area contributed by atoms with Gasteiger partial charge in [-0.25, -0.2) is 0 Å². The highest BCUT2D eigenvalue weighted by Crippen LogP contribution is 2.10. The molecule has 1 fully saturated rings. The first kappa shape index (κ1) is 16.9. The third-order valence-corrected chi connectivity index (χ3v) is 2.70. The van der Waals surface area contributed by atoms with E-state index < -0.39 is 42.0 Å².